The molecule has 0 fully saturated rings. The van der Waals surface area contributed by atoms with E-state index in [1.165, 1.54) is 6.92 Å². The number of ether oxygens (including phenoxy) is 2. The van der Waals surface area contributed by atoms with E-state index >= 15 is 0 Å². The zero-order valence-electron chi connectivity index (χ0n) is 16.1. The maximum atomic E-state index is 12.2. The molecule has 0 saturated heterocycles. The molecule has 2 aromatic rings. The number of nitrogens with one attached hydrogen (secondary N) is 2. The van der Waals surface area contributed by atoms with Crippen LogP contribution in [0.1, 0.15) is 41.8 Å². The summed E-state index contributed by atoms with van der Waals surface area (Å²) in [6.07, 6.45) is -1.12. The highest BCUT2D eigenvalue weighted by molar-refractivity contribution is 7.09. The third-order valence-corrected chi connectivity index (χ3v) is 4.28. The Labute approximate surface area is 167 Å². The number of carbonyl (C=O) groups is 3. The number of esters is 1. The highest BCUT2D eigenvalue weighted by Gasteiger charge is 2.21. The van der Waals surface area contributed by atoms with Gasteiger partial charge in [-0.25, -0.2) is 14.6 Å². The van der Waals surface area contributed by atoms with Gasteiger partial charge in [0.2, 0.25) is 0 Å². The van der Waals surface area contributed by atoms with Crippen LogP contribution in [0.25, 0.3) is 0 Å². The van der Waals surface area contributed by atoms with Crippen molar-refractivity contribution >= 4 is 29.2 Å². The molecular weight excluding hydrogens is 382 g/mol. The highest BCUT2D eigenvalue weighted by Crippen LogP contribution is 2.16. The molecule has 0 unspecified atom stereocenters. The molecule has 0 aliphatic rings. The van der Waals surface area contributed by atoms with Crippen LogP contribution in [0.4, 0.5) is 4.79 Å². The second kappa shape index (κ2) is 9.84. The average Bonchev–Trinajstić information content (AvgIpc) is 3.04. The van der Waals surface area contributed by atoms with Gasteiger partial charge in [0.15, 0.2) is 6.10 Å². The van der Waals surface area contributed by atoms with E-state index < -0.39 is 24.0 Å². The Morgan fingerprint density at radius 1 is 1.14 bits per heavy atom. The second-order valence-corrected chi connectivity index (χ2v) is 7.40. The number of amides is 3. The van der Waals surface area contributed by atoms with Gasteiger partial charge in [-0.15, -0.1) is 11.3 Å². The summed E-state index contributed by atoms with van der Waals surface area (Å²) in [5, 5.41) is 7.53. The number of aromatic nitrogens is 1. The van der Waals surface area contributed by atoms with Crippen molar-refractivity contribution in [2.24, 2.45) is 0 Å². The predicted octanol–water partition coefficient (Wildman–Crippen LogP) is 2.81. The monoisotopic (exact) mass is 405 g/mol. The van der Waals surface area contributed by atoms with Crippen molar-refractivity contribution in [3.63, 3.8) is 0 Å². The van der Waals surface area contributed by atoms with Gasteiger partial charge < -0.3 is 14.8 Å². The van der Waals surface area contributed by atoms with Gasteiger partial charge in [-0.3, -0.25) is 10.1 Å². The molecule has 2 N–H and O–H groups in total. The van der Waals surface area contributed by atoms with Crippen molar-refractivity contribution in [3.8, 4) is 5.75 Å². The van der Waals surface area contributed by atoms with Crippen LogP contribution in [0.2, 0.25) is 0 Å². The number of thiazole rings is 1. The smallest absolute Gasteiger partial charge is 0.338 e. The lowest BCUT2D eigenvalue weighted by Crippen LogP contribution is -2.46. The summed E-state index contributed by atoms with van der Waals surface area (Å²) in [5.41, 5.74) is 1.11. The fourth-order valence-electron chi connectivity index (χ4n) is 2.11. The number of aryl methyl sites for hydroxylation is 1. The van der Waals surface area contributed by atoms with E-state index in [2.05, 4.69) is 15.6 Å². The zero-order chi connectivity index (χ0) is 20.7. The minimum atomic E-state index is -1.12. The van der Waals surface area contributed by atoms with E-state index in [0.717, 1.165) is 10.7 Å². The molecule has 8 nitrogen and oxygen atoms in total. The topological polar surface area (TPSA) is 107 Å². The van der Waals surface area contributed by atoms with Crippen LogP contribution in [-0.2, 0) is 16.1 Å². The number of rotatable bonds is 7. The fourth-order valence-corrected chi connectivity index (χ4v) is 2.71. The van der Waals surface area contributed by atoms with Crippen LogP contribution in [0.3, 0.4) is 0 Å². The fraction of sp³-hybridized carbons (Fsp3) is 0.368. The number of imide groups is 1. The van der Waals surface area contributed by atoms with E-state index in [-0.39, 0.29) is 11.6 Å². The molecule has 0 radical (unpaired) electrons. The quantitative estimate of drug-likeness (QED) is 0.686. The first-order valence-corrected chi connectivity index (χ1v) is 9.58. The van der Waals surface area contributed by atoms with Crippen molar-refractivity contribution in [1.82, 2.24) is 15.6 Å². The number of benzene rings is 1. The Morgan fingerprint density at radius 2 is 1.82 bits per heavy atom. The summed E-state index contributed by atoms with van der Waals surface area (Å²) in [6, 6.07) is 5.60. The lowest BCUT2D eigenvalue weighted by atomic mass is 10.2. The summed E-state index contributed by atoms with van der Waals surface area (Å²) >= 11 is 1.55. The molecule has 9 heteroatoms. The molecule has 0 aliphatic carbocycles. The van der Waals surface area contributed by atoms with Gasteiger partial charge in [0.05, 0.1) is 16.3 Å². The van der Waals surface area contributed by atoms with Crippen molar-refractivity contribution in [1.29, 1.82) is 0 Å². The first-order chi connectivity index (χ1) is 13.2. The number of hydrogen-bond acceptors (Lipinski definition) is 7. The van der Waals surface area contributed by atoms with Crippen LogP contribution in [-0.4, -0.2) is 35.0 Å². The third-order valence-electron chi connectivity index (χ3n) is 3.45. The first-order valence-electron chi connectivity index (χ1n) is 8.71. The Bertz CT molecular complexity index is 832. The van der Waals surface area contributed by atoms with Gasteiger partial charge >= 0.3 is 12.0 Å². The number of carbonyl (C=O) groups excluding carboxylic acids is 3. The van der Waals surface area contributed by atoms with Gasteiger partial charge in [0, 0.05) is 11.4 Å². The minimum Gasteiger partial charge on any atom is -0.487 e. The normalized spacial score (nSPS) is 11.6. The molecule has 0 spiro atoms. The molecule has 1 atom stereocenters. The standard InChI is InChI=1S/C19H23N3O5S/c1-11(2)20-19(25)22-17(23)12(3)27-18(24)14-5-7-16(8-6-14)26-9-15-10-28-13(4)21-15/h5-8,10-12H,9H2,1-4H3,(H2,20,22,23,25)/t12-/m0/s1. The van der Waals surface area contributed by atoms with Crippen LogP contribution in [0.5, 0.6) is 5.75 Å². The minimum absolute atomic E-state index is 0.120. The Balaban J connectivity index is 1.84. The molecule has 3 amide bonds. The number of nitrogens with zero attached hydrogens (tertiary/aromatic N) is 1. The summed E-state index contributed by atoms with van der Waals surface area (Å²) in [6.45, 7) is 7.18. The van der Waals surface area contributed by atoms with Gasteiger partial charge in [0.1, 0.15) is 12.4 Å². The third kappa shape index (κ3) is 6.66. The lowest BCUT2D eigenvalue weighted by Gasteiger charge is -2.14. The van der Waals surface area contributed by atoms with E-state index in [1.54, 1.807) is 49.4 Å². The molecule has 1 heterocycles. The summed E-state index contributed by atoms with van der Waals surface area (Å²) in [5.74, 6) is -0.794. The molecular formula is C19H23N3O5S. The Hall–Kier alpha value is -2.94. The SMILES string of the molecule is Cc1nc(COc2ccc(C(=O)O[C@@H](C)C(=O)NC(=O)NC(C)C)cc2)cs1. The van der Waals surface area contributed by atoms with Crippen molar-refractivity contribution in [2.75, 3.05) is 0 Å². The maximum Gasteiger partial charge on any atom is 0.338 e. The Kier molecular flexibility index (Phi) is 7.51. The second-order valence-electron chi connectivity index (χ2n) is 6.34. The molecule has 28 heavy (non-hydrogen) atoms. The Morgan fingerprint density at radius 3 is 2.39 bits per heavy atom. The maximum absolute atomic E-state index is 12.2. The summed E-state index contributed by atoms with van der Waals surface area (Å²) < 4.78 is 10.7. The van der Waals surface area contributed by atoms with Crippen LogP contribution in [0, 0.1) is 6.92 Å². The lowest BCUT2D eigenvalue weighted by molar-refractivity contribution is -0.127. The molecule has 0 bridgehead atoms. The average molecular weight is 405 g/mol. The number of hydrogen-bond donors (Lipinski definition) is 2. The van der Waals surface area contributed by atoms with E-state index in [0.29, 0.717) is 12.4 Å². The van der Waals surface area contributed by atoms with E-state index in [9.17, 15) is 14.4 Å². The van der Waals surface area contributed by atoms with Gasteiger partial charge in [-0.05, 0) is 52.0 Å². The molecule has 0 saturated carbocycles. The molecule has 2 rings (SSSR count). The van der Waals surface area contributed by atoms with Gasteiger partial charge in [0.25, 0.3) is 5.91 Å². The molecule has 150 valence electrons. The zero-order valence-corrected chi connectivity index (χ0v) is 17.0. The molecule has 1 aromatic carbocycles. The van der Waals surface area contributed by atoms with E-state index in [4.69, 9.17) is 9.47 Å². The molecule has 1 aromatic heterocycles. The van der Waals surface area contributed by atoms with Crippen LogP contribution >= 0.6 is 11.3 Å². The first kappa shape index (κ1) is 21.4. The van der Waals surface area contributed by atoms with Crippen molar-refractivity contribution in [3.05, 3.63) is 45.9 Å². The highest BCUT2D eigenvalue weighted by atomic mass is 32.1. The van der Waals surface area contributed by atoms with Crippen molar-refractivity contribution < 1.29 is 23.9 Å². The van der Waals surface area contributed by atoms with E-state index in [1.807, 2.05) is 12.3 Å². The van der Waals surface area contributed by atoms with Crippen LogP contribution in [0.15, 0.2) is 29.6 Å². The molecule has 0 aliphatic heterocycles. The number of urea groups is 1. The summed E-state index contributed by atoms with van der Waals surface area (Å²) in [7, 11) is 0. The predicted molar refractivity (Wildman–Crippen MR) is 104 cm³/mol. The van der Waals surface area contributed by atoms with Gasteiger partial charge in [-0.2, -0.15) is 0 Å². The van der Waals surface area contributed by atoms with Crippen molar-refractivity contribution in [2.45, 2.75) is 46.4 Å². The summed E-state index contributed by atoms with van der Waals surface area (Å²) in [4.78, 5) is 39.9. The van der Waals surface area contributed by atoms with Gasteiger partial charge in [-0.1, -0.05) is 0 Å². The largest absolute Gasteiger partial charge is 0.487 e. The van der Waals surface area contributed by atoms with Crippen LogP contribution < -0.4 is 15.4 Å².